The van der Waals surface area contributed by atoms with Crippen LogP contribution in [-0.4, -0.2) is 6.08 Å². The van der Waals surface area contributed by atoms with Gasteiger partial charge in [0.05, 0.1) is 6.04 Å². The number of benzene rings is 1. The number of aliphatic imine (C=N–C) groups is 1. The molecule has 0 spiro atoms. The first-order chi connectivity index (χ1) is 6.13. The Morgan fingerprint density at radius 1 is 1.23 bits per heavy atom. The molecule has 0 aliphatic heterocycles. The third kappa shape index (κ3) is 2.53. The largest absolute Gasteiger partial charge is 0.235 e. The van der Waals surface area contributed by atoms with Crippen LogP contribution in [-0.2, 0) is 4.79 Å². The predicted molar refractivity (Wildman–Crippen MR) is 52.5 cm³/mol. The zero-order chi connectivity index (χ0) is 9.84. The molecule has 0 saturated carbocycles. The van der Waals surface area contributed by atoms with Crippen molar-refractivity contribution in [3.05, 3.63) is 34.9 Å². The average molecular weight is 175 g/mol. The van der Waals surface area contributed by atoms with E-state index in [0.717, 1.165) is 5.56 Å². The third-order valence-electron chi connectivity index (χ3n) is 1.97. The van der Waals surface area contributed by atoms with Crippen LogP contribution in [0.3, 0.4) is 0 Å². The summed E-state index contributed by atoms with van der Waals surface area (Å²) in [6, 6.07) is 6.09. The van der Waals surface area contributed by atoms with Gasteiger partial charge in [-0.2, -0.15) is 4.99 Å². The Morgan fingerprint density at radius 3 is 2.23 bits per heavy atom. The Morgan fingerprint density at radius 2 is 1.77 bits per heavy atom. The van der Waals surface area contributed by atoms with Gasteiger partial charge in [0.15, 0.2) is 0 Å². The minimum absolute atomic E-state index is 0.0869. The highest BCUT2D eigenvalue weighted by Gasteiger charge is 2.03. The van der Waals surface area contributed by atoms with Gasteiger partial charge in [-0.3, -0.25) is 0 Å². The number of nitrogens with zero attached hydrogens (tertiary/aromatic N) is 1. The summed E-state index contributed by atoms with van der Waals surface area (Å²) in [4.78, 5) is 13.7. The lowest BCUT2D eigenvalue weighted by atomic mass is 10.0. The molecule has 1 atom stereocenters. The Kier molecular flexibility index (Phi) is 2.99. The molecular weight excluding hydrogens is 162 g/mol. The average Bonchev–Trinajstić information content (AvgIpc) is 2.03. The fourth-order valence-electron chi connectivity index (χ4n) is 1.40. The number of carbonyl (C=O) groups excluding carboxylic acids is 1. The van der Waals surface area contributed by atoms with E-state index < -0.39 is 0 Å². The molecule has 68 valence electrons. The quantitative estimate of drug-likeness (QED) is 0.502. The summed E-state index contributed by atoms with van der Waals surface area (Å²) in [7, 11) is 0. The van der Waals surface area contributed by atoms with Gasteiger partial charge in [0.25, 0.3) is 0 Å². The molecule has 0 heterocycles. The Bertz CT molecular complexity index is 331. The Hall–Kier alpha value is -1.40. The molecule has 1 aromatic rings. The first-order valence-electron chi connectivity index (χ1n) is 4.28. The van der Waals surface area contributed by atoms with E-state index in [1.165, 1.54) is 11.1 Å². The molecule has 0 amide bonds. The van der Waals surface area contributed by atoms with Crippen LogP contribution in [0.2, 0.25) is 0 Å². The highest BCUT2D eigenvalue weighted by atomic mass is 16.1. The van der Waals surface area contributed by atoms with Crippen molar-refractivity contribution in [1.82, 2.24) is 0 Å². The molecule has 0 saturated heterocycles. The highest BCUT2D eigenvalue weighted by Crippen LogP contribution is 2.18. The van der Waals surface area contributed by atoms with Gasteiger partial charge < -0.3 is 0 Å². The van der Waals surface area contributed by atoms with Crippen LogP contribution in [0.5, 0.6) is 0 Å². The lowest BCUT2D eigenvalue weighted by molar-refractivity contribution is 0.559. The fraction of sp³-hybridized carbons (Fsp3) is 0.364. The van der Waals surface area contributed by atoms with Crippen molar-refractivity contribution < 1.29 is 4.79 Å². The zero-order valence-electron chi connectivity index (χ0n) is 8.16. The standard InChI is InChI=1S/C11H13NO/c1-8-4-9(2)6-11(5-8)10(3)12-7-13/h4-6,10H,1-3H3. The van der Waals surface area contributed by atoms with Gasteiger partial charge in [-0.05, 0) is 26.3 Å². The predicted octanol–water partition coefficient (Wildman–Crippen LogP) is 2.70. The van der Waals surface area contributed by atoms with E-state index in [9.17, 15) is 4.79 Å². The normalized spacial score (nSPS) is 11.9. The molecule has 0 radical (unpaired) electrons. The van der Waals surface area contributed by atoms with Crippen LogP contribution in [0.1, 0.15) is 29.7 Å². The summed E-state index contributed by atoms with van der Waals surface area (Å²) < 4.78 is 0. The Balaban J connectivity index is 3.07. The topological polar surface area (TPSA) is 29.4 Å². The molecule has 1 unspecified atom stereocenters. The summed E-state index contributed by atoms with van der Waals surface area (Å²) in [5, 5.41) is 0. The molecule has 0 bridgehead atoms. The van der Waals surface area contributed by atoms with Crippen LogP contribution < -0.4 is 0 Å². The molecule has 0 aromatic heterocycles. The number of isocyanates is 1. The van der Waals surface area contributed by atoms with Crippen LogP contribution >= 0.6 is 0 Å². The van der Waals surface area contributed by atoms with Crippen LogP contribution in [0.25, 0.3) is 0 Å². The van der Waals surface area contributed by atoms with Gasteiger partial charge in [0.1, 0.15) is 0 Å². The van der Waals surface area contributed by atoms with E-state index in [0.29, 0.717) is 0 Å². The smallest absolute Gasteiger partial charge is 0.211 e. The minimum Gasteiger partial charge on any atom is -0.211 e. The Labute approximate surface area is 78.3 Å². The van der Waals surface area contributed by atoms with Crippen molar-refractivity contribution in [3.63, 3.8) is 0 Å². The number of aryl methyl sites for hydroxylation is 2. The van der Waals surface area contributed by atoms with Crippen LogP contribution in [0.15, 0.2) is 23.2 Å². The second-order valence-corrected chi connectivity index (χ2v) is 3.32. The second-order valence-electron chi connectivity index (χ2n) is 3.32. The molecular formula is C11H13NO. The molecule has 0 fully saturated rings. The van der Waals surface area contributed by atoms with Crippen LogP contribution in [0.4, 0.5) is 0 Å². The van der Waals surface area contributed by atoms with E-state index in [2.05, 4.69) is 11.1 Å². The lowest BCUT2D eigenvalue weighted by Crippen LogP contribution is -1.91. The minimum atomic E-state index is -0.0869. The maximum absolute atomic E-state index is 10.1. The molecule has 2 nitrogen and oxygen atoms in total. The summed E-state index contributed by atoms with van der Waals surface area (Å²) in [6.07, 6.45) is 1.58. The molecule has 0 aliphatic rings. The van der Waals surface area contributed by atoms with E-state index in [4.69, 9.17) is 0 Å². The number of hydrogen-bond acceptors (Lipinski definition) is 2. The number of rotatable bonds is 2. The van der Waals surface area contributed by atoms with Gasteiger partial charge in [-0.25, -0.2) is 4.79 Å². The summed E-state index contributed by atoms with van der Waals surface area (Å²) in [5.74, 6) is 0. The molecule has 1 aromatic carbocycles. The van der Waals surface area contributed by atoms with Crippen molar-refractivity contribution in [2.24, 2.45) is 4.99 Å². The van der Waals surface area contributed by atoms with E-state index in [-0.39, 0.29) is 6.04 Å². The van der Waals surface area contributed by atoms with E-state index in [1.807, 2.05) is 32.9 Å². The summed E-state index contributed by atoms with van der Waals surface area (Å²) in [6.45, 7) is 5.96. The van der Waals surface area contributed by atoms with Crippen LogP contribution in [0, 0.1) is 13.8 Å². The molecule has 2 heteroatoms. The van der Waals surface area contributed by atoms with E-state index >= 15 is 0 Å². The van der Waals surface area contributed by atoms with Gasteiger partial charge in [0.2, 0.25) is 6.08 Å². The zero-order valence-corrected chi connectivity index (χ0v) is 8.16. The SMILES string of the molecule is Cc1cc(C)cc(C(C)N=C=O)c1. The second kappa shape index (κ2) is 4.01. The maximum Gasteiger partial charge on any atom is 0.235 e. The monoisotopic (exact) mass is 175 g/mol. The van der Waals surface area contributed by atoms with Gasteiger partial charge in [-0.1, -0.05) is 29.3 Å². The first kappa shape index (κ1) is 9.69. The van der Waals surface area contributed by atoms with Crippen molar-refractivity contribution >= 4 is 6.08 Å². The van der Waals surface area contributed by atoms with Crippen molar-refractivity contribution in [3.8, 4) is 0 Å². The van der Waals surface area contributed by atoms with Gasteiger partial charge in [0, 0.05) is 0 Å². The number of hydrogen-bond donors (Lipinski definition) is 0. The molecule has 0 N–H and O–H groups in total. The first-order valence-corrected chi connectivity index (χ1v) is 4.28. The van der Waals surface area contributed by atoms with Crippen molar-refractivity contribution in [2.75, 3.05) is 0 Å². The fourth-order valence-corrected chi connectivity index (χ4v) is 1.40. The summed E-state index contributed by atoms with van der Waals surface area (Å²) in [5.41, 5.74) is 3.46. The van der Waals surface area contributed by atoms with Crippen molar-refractivity contribution in [1.29, 1.82) is 0 Å². The molecule has 13 heavy (non-hydrogen) atoms. The lowest BCUT2D eigenvalue weighted by Gasteiger charge is -2.06. The third-order valence-corrected chi connectivity index (χ3v) is 1.97. The van der Waals surface area contributed by atoms with Gasteiger partial charge >= 0.3 is 0 Å². The summed E-state index contributed by atoms with van der Waals surface area (Å²) >= 11 is 0. The van der Waals surface area contributed by atoms with Crippen molar-refractivity contribution in [2.45, 2.75) is 26.8 Å². The highest BCUT2D eigenvalue weighted by molar-refractivity contribution is 5.37. The molecule has 0 aliphatic carbocycles. The maximum atomic E-state index is 10.1. The van der Waals surface area contributed by atoms with Gasteiger partial charge in [-0.15, -0.1) is 0 Å². The molecule has 1 rings (SSSR count). The van der Waals surface area contributed by atoms with E-state index in [1.54, 1.807) is 6.08 Å².